The fourth-order valence-electron chi connectivity index (χ4n) is 2.86. The summed E-state index contributed by atoms with van der Waals surface area (Å²) in [5.41, 5.74) is 0.480. The van der Waals surface area contributed by atoms with Gasteiger partial charge in [0.05, 0.1) is 6.10 Å². The molecule has 2 aliphatic rings. The highest BCUT2D eigenvalue weighted by Crippen LogP contribution is 2.25. The molecule has 16 heavy (non-hydrogen) atoms. The van der Waals surface area contributed by atoms with Gasteiger partial charge in [0.1, 0.15) is 0 Å². The van der Waals surface area contributed by atoms with E-state index in [0.717, 1.165) is 13.2 Å². The van der Waals surface area contributed by atoms with Gasteiger partial charge in [-0.05, 0) is 38.3 Å². The Morgan fingerprint density at radius 2 is 2.31 bits per heavy atom. The van der Waals surface area contributed by atoms with Crippen molar-refractivity contribution in [2.45, 2.75) is 32.3 Å². The highest BCUT2D eigenvalue weighted by Gasteiger charge is 2.30. The van der Waals surface area contributed by atoms with Crippen LogP contribution in [-0.2, 0) is 4.74 Å². The molecule has 2 aliphatic heterocycles. The Kier molecular flexibility index (Phi) is 5.51. The summed E-state index contributed by atoms with van der Waals surface area (Å²) in [5, 5.41) is 3.45. The summed E-state index contributed by atoms with van der Waals surface area (Å²) in [6.45, 7) is 8.01. The Labute approximate surface area is 105 Å². The number of rotatable bonds is 4. The van der Waals surface area contributed by atoms with E-state index in [-0.39, 0.29) is 12.4 Å². The van der Waals surface area contributed by atoms with Crippen LogP contribution >= 0.6 is 12.4 Å². The van der Waals surface area contributed by atoms with Gasteiger partial charge in [0.15, 0.2) is 0 Å². The molecule has 0 saturated carbocycles. The second-order valence-electron chi connectivity index (χ2n) is 5.57. The Hall–Kier alpha value is 0.170. The van der Waals surface area contributed by atoms with Crippen molar-refractivity contribution in [3.63, 3.8) is 0 Å². The smallest absolute Gasteiger partial charge is 0.0702 e. The maximum atomic E-state index is 5.66. The number of hydrogen-bond acceptors (Lipinski definition) is 3. The summed E-state index contributed by atoms with van der Waals surface area (Å²) >= 11 is 0. The SMILES string of the molecule is CN(C[C@@H]1CCCO1)CC1(C)CCNC1.Cl. The van der Waals surface area contributed by atoms with Crippen LogP contribution in [0.15, 0.2) is 0 Å². The van der Waals surface area contributed by atoms with Gasteiger partial charge in [-0.2, -0.15) is 0 Å². The van der Waals surface area contributed by atoms with Gasteiger partial charge in [-0.3, -0.25) is 0 Å². The van der Waals surface area contributed by atoms with Gasteiger partial charge in [-0.25, -0.2) is 0 Å². The Bertz CT molecular complexity index is 201. The quantitative estimate of drug-likeness (QED) is 0.817. The van der Waals surface area contributed by atoms with Gasteiger partial charge >= 0.3 is 0 Å². The molecule has 1 unspecified atom stereocenters. The van der Waals surface area contributed by atoms with E-state index in [4.69, 9.17) is 4.74 Å². The summed E-state index contributed by atoms with van der Waals surface area (Å²) in [7, 11) is 2.23. The van der Waals surface area contributed by atoms with Crippen molar-refractivity contribution < 1.29 is 4.74 Å². The van der Waals surface area contributed by atoms with E-state index in [1.807, 2.05) is 0 Å². The maximum Gasteiger partial charge on any atom is 0.0702 e. The van der Waals surface area contributed by atoms with Gasteiger partial charge in [-0.1, -0.05) is 6.92 Å². The summed E-state index contributed by atoms with van der Waals surface area (Å²) < 4.78 is 5.66. The van der Waals surface area contributed by atoms with E-state index in [1.54, 1.807) is 0 Å². The number of ether oxygens (including phenoxy) is 1. The molecule has 2 heterocycles. The Morgan fingerprint density at radius 1 is 1.50 bits per heavy atom. The zero-order valence-corrected chi connectivity index (χ0v) is 11.3. The molecule has 3 nitrogen and oxygen atoms in total. The fourth-order valence-corrected chi connectivity index (χ4v) is 2.86. The van der Waals surface area contributed by atoms with E-state index in [1.165, 1.54) is 38.9 Å². The minimum atomic E-state index is 0. The lowest BCUT2D eigenvalue weighted by Gasteiger charge is -2.30. The molecule has 4 heteroatoms. The largest absolute Gasteiger partial charge is 0.377 e. The van der Waals surface area contributed by atoms with Crippen molar-refractivity contribution in [3.05, 3.63) is 0 Å². The van der Waals surface area contributed by atoms with Crippen molar-refractivity contribution in [3.8, 4) is 0 Å². The first-order valence-corrected chi connectivity index (χ1v) is 6.19. The average Bonchev–Trinajstić information content (AvgIpc) is 2.76. The minimum Gasteiger partial charge on any atom is -0.377 e. The van der Waals surface area contributed by atoms with Crippen molar-refractivity contribution >= 4 is 12.4 Å². The van der Waals surface area contributed by atoms with Crippen LogP contribution in [0.3, 0.4) is 0 Å². The lowest BCUT2D eigenvalue weighted by molar-refractivity contribution is 0.0697. The standard InChI is InChI=1S/C12H24N2O.ClH/c1-12(5-6-13-9-12)10-14(2)8-11-4-3-7-15-11;/h11,13H,3-10H2,1-2H3;1H/t11-,12?;/m0./s1. The molecule has 2 saturated heterocycles. The van der Waals surface area contributed by atoms with Gasteiger partial charge in [0.25, 0.3) is 0 Å². The van der Waals surface area contributed by atoms with Crippen molar-refractivity contribution in [1.82, 2.24) is 10.2 Å². The monoisotopic (exact) mass is 248 g/mol. The van der Waals surface area contributed by atoms with Crippen LogP contribution in [0.1, 0.15) is 26.2 Å². The molecule has 0 radical (unpaired) electrons. The number of halogens is 1. The lowest BCUT2D eigenvalue weighted by Crippen LogP contribution is -2.38. The maximum absolute atomic E-state index is 5.66. The van der Waals surface area contributed by atoms with E-state index < -0.39 is 0 Å². The van der Waals surface area contributed by atoms with Crippen LogP contribution < -0.4 is 5.32 Å². The van der Waals surface area contributed by atoms with Crippen LogP contribution in [0, 0.1) is 5.41 Å². The van der Waals surface area contributed by atoms with Crippen LogP contribution in [0.4, 0.5) is 0 Å². The predicted octanol–water partition coefficient (Wildman–Crippen LogP) is 1.52. The predicted molar refractivity (Wildman–Crippen MR) is 69.3 cm³/mol. The molecule has 0 spiro atoms. The van der Waals surface area contributed by atoms with Gasteiger partial charge in [-0.15, -0.1) is 12.4 Å². The molecule has 2 atom stereocenters. The molecule has 0 bridgehead atoms. The van der Waals surface area contributed by atoms with Gasteiger partial charge in [0.2, 0.25) is 0 Å². The third-order valence-corrected chi connectivity index (χ3v) is 3.65. The summed E-state index contributed by atoms with van der Waals surface area (Å²) in [4.78, 5) is 2.45. The second-order valence-corrected chi connectivity index (χ2v) is 5.57. The number of likely N-dealkylation sites (N-methyl/N-ethyl adjacent to an activating group) is 1. The molecule has 96 valence electrons. The molecule has 0 amide bonds. The zero-order chi connectivity index (χ0) is 10.7. The third-order valence-electron chi connectivity index (χ3n) is 3.65. The molecule has 0 aromatic carbocycles. The normalized spacial score (nSPS) is 34.3. The minimum absolute atomic E-state index is 0. The highest BCUT2D eigenvalue weighted by molar-refractivity contribution is 5.85. The van der Waals surface area contributed by atoms with Crippen molar-refractivity contribution in [2.24, 2.45) is 5.41 Å². The van der Waals surface area contributed by atoms with Crippen LogP contribution in [0.5, 0.6) is 0 Å². The molecule has 2 rings (SSSR count). The second kappa shape index (κ2) is 6.20. The Balaban J connectivity index is 0.00000128. The molecule has 2 fully saturated rings. The van der Waals surface area contributed by atoms with E-state index in [2.05, 4.69) is 24.2 Å². The van der Waals surface area contributed by atoms with E-state index in [0.29, 0.717) is 11.5 Å². The van der Waals surface area contributed by atoms with Crippen LogP contribution in [0.2, 0.25) is 0 Å². The molecular weight excluding hydrogens is 224 g/mol. The van der Waals surface area contributed by atoms with Crippen molar-refractivity contribution in [2.75, 3.05) is 39.8 Å². The Morgan fingerprint density at radius 3 is 2.88 bits per heavy atom. The summed E-state index contributed by atoms with van der Waals surface area (Å²) in [6, 6.07) is 0. The summed E-state index contributed by atoms with van der Waals surface area (Å²) in [5.74, 6) is 0. The first-order chi connectivity index (χ1) is 7.18. The van der Waals surface area contributed by atoms with Crippen LogP contribution in [0.25, 0.3) is 0 Å². The lowest BCUT2D eigenvalue weighted by atomic mass is 9.89. The van der Waals surface area contributed by atoms with Crippen molar-refractivity contribution in [1.29, 1.82) is 0 Å². The third kappa shape index (κ3) is 3.88. The fraction of sp³-hybridized carbons (Fsp3) is 1.00. The number of hydrogen-bond donors (Lipinski definition) is 1. The van der Waals surface area contributed by atoms with Gasteiger partial charge in [0, 0.05) is 26.2 Å². The van der Waals surface area contributed by atoms with E-state index in [9.17, 15) is 0 Å². The molecule has 1 N–H and O–H groups in total. The highest BCUT2D eigenvalue weighted by atomic mass is 35.5. The number of nitrogens with one attached hydrogen (secondary N) is 1. The molecule has 0 aromatic heterocycles. The van der Waals surface area contributed by atoms with Gasteiger partial charge < -0.3 is 15.0 Å². The first kappa shape index (κ1) is 14.2. The topological polar surface area (TPSA) is 24.5 Å². The van der Waals surface area contributed by atoms with Crippen LogP contribution in [-0.4, -0.2) is 50.8 Å². The average molecular weight is 249 g/mol. The molecule has 0 aliphatic carbocycles. The zero-order valence-electron chi connectivity index (χ0n) is 10.5. The molecule has 0 aromatic rings. The molecular formula is C12H25ClN2O. The number of nitrogens with zero attached hydrogens (tertiary/aromatic N) is 1. The van der Waals surface area contributed by atoms with E-state index >= 15 is 0 Å². The first-order valence-electron chi connectivity index (χ1n) is 6.19. The summed E-state index contributed by atoms with van der Waals surface area (Å²) in [6.07, 6.45) is 4.30.